The van der Waals surface area contributed by atoms with E-state index in [4.69, 9.17) is 4.52 Å². The number of aryl methyl sites for hydroxylation is 1. The summed E-state index contributed by atoms with van der Waals surface area (Å²) in [6.07, 6.45) is 1.26. The Hall–Kier alpha value is -2.04. The molecule has 0 saturated heterocycles. The van der Waals surface area contributed by atoms with E-state index in [1.54, 1.807) is 12.1 Å². The highest BCUT2D eigenvalue weighted by Crippen LogP contribution is 2.09. The number of benzene rings is 1. The maximum atomic E-state index is 13.0. The van der Waals surface area contributed by atoms with E-state index in [1.807, 2.05) is 0 Å². The normalized spacial score (nSPS) is 10.6. The third-order valence-electron chi connectivity index (χ3n) is 2.45. The fourth-order valence-corrected chi connectivity index (χ4v) is 1.58. The summed E-state index contributed by atoms with van der Waals surface area (Å²) in [6.45, 7) is 1.52. The van der Waals surface area contributed by atoms with Gasteiger partial charge in [-0.1, -0.05) is 17.3 Å². The molecule has 2 rings (SSSR count). The Morgan fingerprint density at radius 3 is 3.00 bits per heavy atom. The van der Waals surface area contributed by atoms with E-state index in [1.165, 1.54) is 19.1 Å². The summed E-state index contributed by atoms with van der Waals surface area (Å²) in [5.41, 5.74) is 0.786. The lowest BCUT2D eigenvalue weighted by molar-refractivity contribution is -0.117. The van der Waals surface area contributed by atoms with Gasteiger partial charge in [-0.25, -0.2) is 4.39 Å². The minimum absolute atomic E-state index is 0.0832. The Labute approximate surface area is 104 Å². The average Bonchev–Trinajstić information content (AvgIpc) is 2.74. The van der Waals surface area contributed by atoms with E-state index >= 15 is 0 Å². The van der Waals surface area contributed by atoms with Gasteiger partial charge in [-0.2, -0.15) is 4.98 Å². The van der Waals surface area contributed by atoms with E-state index in [2.05, 4.69) is 10.1 Å². The Kier molecular flexibility index (Phi) is 3.82. The van der Waals surface area contributed by atoms with Gasteiger partial charge in [0.1, 0.15) is 11.6 Å². The highest BCUT2D eigenvalue weighted by Gasteiger charge is 2.08. The molecule has 0 aliphatic heterocycles. The molecule has 0 aliphatic rings. The molecule has 1 aromatic carbocycles. The zero-order chi connectivity index (χ0) is 13.0. The number of rotatable bonds is 5. The van der Waals surface area contributed by atoms with E-state index in [0.29, 0.717) is 31.0 Å². The monoisotopic (exact) mass is 248 g/mol. The molecule has 2 aromatic rings. The van der Waals surface area contributed by atoms with Crippen LogP contribution >= 0.6 is 0 Å². The van der Waals surface area contributed by atoms with Gasteiger partial charge in [0.15, 0.2) is 5.82 Å². The van der Waals surface area contributed by atoms with Crippen molar-refractivity contribution in [3.63, 3.8) is 0 Å². The van der Waals surface area contributed by atoms with Crippen LogP contribution in [0.25, 0.3) is 0 Å². The maximum Gasteiger partial charge on any atom is 0.227 e. The Bertz CT molecular complexity index is 551. The quantitative estimate of drug-likeness (QED) is 0.814. The maximum absolute atomic E-state index is 13.0. The molecule has 18 heavy (non-hydrogen) atoms. The summed E-state index contributed by atoms with van der Waals surface area (Å²) in [7, 11) is 0. The molecule has 0 aliphatic carbocycles. The largest absolute Gasteiger partial charge is 0.339 e. The summed E-state index contributed by atoms with van der Waals surface area (Å²) in [4.78, 5) is 15.0. The first-order valence-electron chi connectivity index (χ1n) is 5.69. The van der Waals surface area contributed by atoms with Crippen molar-refractivity contribution in [3.8, 4) is 0 Å². The van der Waals surface area contributed by atoms with Gasteiger partial charge in [-0.15, -0.1) is 0 Å². The molecule has 0 radical (unpaired) electrons. The van der Waals surface area contributed by atoms with Crippen molar-refractivity contribution < 1.29 is 13.7 Å². The van der Waals surface area contributed by atoms with Crippen molar-refractivity contribution in [3.05, 3.63) is 47.4 Å². The Morgan fingerprint density at radius 1 is 1.44 bits per heavy atom. The molecule has 0 fully saturated rings. The molecule has 0 amide bonds. The van der Waals surface area contributed by atoms with Gasteiger partial charge in [0.05, 0.1) is 0 Å². The Balaban J connectivity index is 2.00. The summed E-state index contributed by atoms with van der Waals surface area (Å²) in [6, 6.07) is 6.26. The van der Waals surface area contributed by atoms with Crippen LogP contribution in [0.5, 0.6) is 0 Å². The van der Waals surface area contributed by atoms with Crippen LogP contribution in [0, 0.1) is 5.82 Å². The van der Waals surface area contributed by atoms with Gasteiger partial charge in [-0.3, -0.25) is 0 Å². The van der Waals surface area contributed by atoms with Crippen LogP contribution in [0.15, 0.2) is 28.8 Å². The van der Waals surface area contributed by atoms with Crippen LogP contribution in [0.2, 0.25) is 0 Å². The van der Waals surface area contributed by atoms with Crippen LogP contribution in [0.3, 0.4) is 0 Å². The van der Waals surface area contributed by atoms with E-state index in [9.17, 15) is 9.18 Å². The second-order valence-corrected chi connectivity index (χ2v) is 4.11. The molecule has 0 spiro atoms. The lowest BCUT2D eigenvalue weighted by Gasteiger charge is -1.95. The van der Waals surface area contributed by atoms with E-state index in [0.717, 1.165) is 5.56 Å². The first-order chi connectivity index (χ1) is 8.63. The number of ketones is 1. The third kappa shape index (κ3) is 3.48. The summed E-state index contributed by atoms with van der Waals surface area (Å²) < 4.78 is 18.0. The lowest BCUT2D eigenvalue weighted by atomic mass is 10.1. The second-order valence-electron chi connectivity index (χ2n) is 4.11. The number of carbonyl (C=O) groups excluding carboxylic acids is 1. The second kappa shape index (κ2) is 5.53. The fraction of sp³-hybridized carbons (Fsp3) is 0.308. The number of nitrogens with zero attached hydrogens (tertiary/aromatic N) is 2. The van der Waals surface area contributed by atoms with Gasteiger partial charge in [0.25, 0.3) is 0 Å². The minimum atomic E-state index is -0.284. The molecule has 0 N–H and O–H groups in total. The molecule has 0 saturated carbocycles. The van der Waals surface area contributed by atoms with Crippen molar-refractivity contribution in [2.24, 2.45) is 0 Å². The van der Waals surface area contributed by atoms with Gasteiger partial charge < -0.3 is 9.32 Å². The van der Waals surface area contributed by atoms with Crippen LogP contribution < -0.4 is 0 Å². The molecule has 0 unspecified atom stereocenters. The van der Waals surface area contributed by atoms with Crippen molar-refractivity contribution in [2.45, 2.75) is 26.2 Å². The molecule has 1 heterocycles. The molecule has 0 bridgehead atoms. The molecule has 4 nitrogen and oxygen atoms in total. The SMILES string of the molecule is CC(=O)CCc1nc(Cc2cccc(F)c2)no1. The Morgan fingerprint density at radius 2 is 2.28 bits per heavy atom. The number of aromatic nitrogens is 2. The topological polar surface area (TPSA) is 56.0 Å². The number of halogens is 1. The molecular formula is C13H13FN2O2. The van der Waals surface area contributed by atoms with Crippen molar-refractivity contribution in [1.29, 1.82) is 0 Å². The van der Waals surface area contributed by atoms with Crippen LogP contribution in [0.1, 0.15) is 30.6 Å². The first kappa shape index (κ1) is 12.4. The molecule has 94 valence electrons. The third-order valence-corrected chi connectivity index (χ3v) is 2.45. The summed E-state index contributed by atoms with van der Waals surface area (Å²) >= 11 is 0. The van der Waals surface area contributed by atoms with E-state index in [-0.39, 0.29) is 11.6 Å². The minimum Gasteiger partial charge on any atom is -0.339 e. The predicted octanol–water partition coefficient (Wildman–Crippen LogP) is 2.32. The smallest absolute Gasteiger partial charge is 0.227 e. The number of hydrogen-bond donors (Lipinski definition) is 0. The van der Waals surface area contributed by atoms with Crippen LogP contribution in [-0.4, -0.2) is 15.9 Å². The van der Waals surface area contributed by atoms with Gasteiger partial charge in [0, 0.05) is 19.3 Å². The van der Waals surface area contributed by atoms with Gasteiger partial charge in [-0.05, 0) is 24.6 Å². The number of Topliss-reactive ketones (excluding diaryl/α,β-unsaturated/α-hetero) is 1. The van der Waals surface area contributed by atoms with Crippen molar-refractivity contribution >= 4 is 5.78 Å². The highest BCUT2D eigenvalue weighted by atomic mass is 19.1. The number of carbonyl (C=O) groups is 1. The predicted molar refractivity (Wildman–Crippen MR) is 62.5 cm³/mol. The van der Waals surface area contributed by atoms with Gasteiger partial charge >= 0.3 is 0 Å². The lowest BCUT2D eigenvalue weighted by Crippen LogP contribution is -1.95. The fourth-order valence-electron chi connectivity index (χ4n) is 1.58. The van der Waals surface area contributed by atoms with Crippen molar-refractivity contribution in [2.75, 3.05) is 0 Å². The first-order valence-corrected chi connectivity index (χ1v) is 5.69. The highest BCUT2D eigenvalue weighted by molar-refractivity contribution is 5.75. The van der Waals surface area contributed by atoms with Gasteiger partial charge in [0.2, 0.25) is 5.89 Å². The molecule has 1 aromatic heterocycles. The summed E-state index contributed by atoms with van der Waals surface area (Å²) in [5.74, 6) is 0.739. The standard InChI is InChI=1S/C13H13FN2O2/c1-9(17)5-6-13-15-12(16-18-13)8-10-3-2-4-11(14)7-10/h2-4,7H,5-6,8H2,1H3. The average molecular weight is 248 g/mol. The molecule has 0 atom stereocenters. The number of hydrogen-bond acceptors (Lipinski definition) is 4. The molecular weight excluding hydrogens is 235 g/mol. The summed E-state index contributed by atoms with van der Waals surface area (Å²) in [5, 5.41) is 3.80. The van der Waals surface area contributed by atoms with E-state index < -0.39 is 0 Å². The van der Waals surface area contributed by atoms with Crippen LogP contribution in [0.4, 0.5) is 4.39 Å². The van der Waals surface area contributed by atoms with Crippen molar-refractivity contribution in [1.82, 2.24) is 10.1 Å². The zero-order valence-corrected chi connectivity index (χ0v) is 10.0. The molecule has 5 heteroatoms. The zero-order valence-electron chi connectivity index (χ0n) is 10.0. The van der Waals surface area contributed by atoms with Crippen LogP contribution in [-0.2, 0) is 17.6 Å².